The highest BCUT2D eigenvalue weighted by Gasteiger charge is 1.97. The van der Waals surface area contributed by atoms with Gasteiger partial charge in [0.25, 0.3) is 0 Å². The molecule has 2 nitrogen and oxygen atoms in total. The van der Waals surface area contributed by atoms with Crippen LogP contribution in [-0.4, -0.2) is 12.2 Å². The van der Waals surface area contributed by atoms with Crippen LogP contribution in [-0.2, 0) is 0 Å². The highest BCUT2D eigenvalue weighted by atomic mass is 16.5. The first-order valence-electron chi connectivity index (χ1n) is 3.27. The summed E-state index contributed by atoms with van der Waals surface area (Å²) >= 11 is 0. The Hall–Kier alpha value is -1.44. The molecule has 1 N–H and O–H groups in total. The monoisotopic (exact) mass is 150 g/mol. The molecule has 0 saturated heterocycles. The Balaban J connectivity index is 3.09. The van der Waals surface area contributed by atoms with Gasteiger partial charge in [0.05, 0.1) is 7.11 Å². The van der Waals surface area contributed by atoms with Crippen LogP contribution in [0.3, 0.4) is 0 Å². The summed E-state index contributed by atoms with van der Waals surface area (Å²) < 4.78 is 4.90. The van der Waals surface area contributed by atoms with Gasteiger partial charge in [-0.15, -0.1) is 0 Å². The molecule has 1 rings (SSSR count). The molecule has 0 fully saturated rings. The lowest BCUT2D eigenvalue weighted by Crippen LogP contribution is -1.82. The van der Waals surface area contributed by atoms with Gasteiger partial charge in [-0.1, -0.05) is 12.7 Å². The van der Waals surface area contributed by atoms with Crippen LogP contribution >= 0.6 is 0 Å². The van der Waals surface area contributed by atoms with Crippen LogP contribution < -0.4 is 4.74 Å². The molecule has 0 aliphatic heterocycles. The van der Waals surface area contributed by atoms with E-state index in [1.54, 1.807) is 31.4 Å². The average Bonchev–Trinajstić information content (AvgIpc) is 2.04. The summed E-state index contributed by atoms with van der Waals surface area (Å²) in [5.41, 5.74) is 0.714. The van der Waals surface area contributed by atoms with E-state index < -0.39 is 0 Å². The van der Waals surface area contributed by atoms with E-state index in [9.17, 15) is 5.11 Å². The normalized spacial score (nSPS) is 9.18. The van der Waals surface area contributed by atoms with Crippen molar-refractivity contribution >= 4 is 6.08 Å². The van der Waals surface area contributed by atoms with E-state index in [0.29, 0.717) is 11.3 Å². The second-order valence-corrected chi connectivity index (χ2v) is 2.13. The summed E-state index contributed by atoms with van der Waals surface area (Å²) in [6.07, 6.45) is 1.59. The van der Waals surface area contributed by atoms with Crippen molar-refractivity contribution in [3.8, 4) is 11.5 Å². The summed E-state index contributed by atoms with van der Waals surface area (Å²) in [6.45, 7) is 3.55. The molecular weight excluding hydrogens is 140 g/mol. The van der Waals surface area contributed by atoms with Gasteiger partial charge in [-0.3, -0.25) is 0 Å². The van der Waals surface area contributed by atoms with Crippen LogP contribution in [0, 0.1) is 0 Å². The Bertz CT molecular complexity index is 266. The van der Waals surface area contributed by atoms with Crippen LogP contribution in [0.25, 0.3) is 6.08 Å². The van der Waals surface area contributed by atoms with Crippen molar-refractivity contribution in [1.29, 1.82) is 0 Å². The van der Waals surface area contributed by atoms with E-state index >= 15 is 0 Å². The SMILES string of the molecule is C=Cc1ccc(OC)cc1O. The molecule has 0 aliphatic carbocycles. The van der Waals surface area contributed by atoms with E-state index in [-0.39, 0.29) is 5.75 Å². The number of hydrogen-bond donors (Lipinski definition) is 1. The number of phenols is 1. The summed E-state index contributed by atoms with van der Waals surface area (Å²) in [6, 6.07) is 5.08. The zero-order valence-corrected chi connectivity index (χ0v) is 6.37. The molecule has 0 unspecified atom stereocenters. The second-order valence-electron chi connectivity index (χ2n) is 2.13. The molecule has 2 heteroatoms. The molecule has 0 aromatic heterocycles. The minimum atomic E-state index is 0.194. The third-order valence-electron chi connectivity index (χ3n) is 1.46. The van der Waals surface area contributed by atoms with Crippen molar-refractivity contribution in [2.45, 2.75) is 0 Å². The molecule has 0 atom stereocenters. The van der Waals surface area contributed by atoms with Gasteiger partial charge in [-0.2, -0.15) is 0 Å². The maximum absolute atomic E-state index is 9.27. The van der Waals surface area contributed by atoms with Gasteiger partial charge >= 0.3 is 0 Å². The number of aromatic hydroxyl groups is 1. The minimum Gasteiger partial charge on any atom is -0.507 e. The van der Waals surface area contributed by atoms with Crippen molar-refractivity contribution in [3.05, 3.63) is 30.3 Å². The quantitative estimate of drug-likeness (QED) is 0.699. The average molecular weight is 150 g/mol. The Morgan fingerprint density at radius 2 is 2.27 bits per heavy atom. The minimum absolute atomic E-state index is 0.194. The molecule has 1 aromatic carbocycles. The van der Waals surface area contributed by atoms with Crippen LogP contribution in [0.15, 0.2) is 24.8 Å². The number of hydrogen-bond acceptors (Lipinski definition) is 2. The van der Waals surface area contributed by atoms with Crippen molar-refractivity contribution in [1.82, 2.24) is 0 Å². The van der Waals surface area contributed by atoms with Crippen LogP contribution in [0.4, 0.5) is 0 Å². The maximum atomic E-state index is 9.27. The fourth-order valence-corrected chi connectivity index (χ4v) is 0.823. The van der Waals surface area contributed by atoms with Crippen molar-refractivity contribution in [3.63, 3.8) is 0 Å². The molecular formula is C9H10O2. The van der Waals surface area contributed by atoms with Gasteiger partial charge < -0.3 is 9.84 Å². The Morgan fingerprint density at radius 3 is 2.73 bits per heavy atom. The number of phenolic OH excluding ortho intramolecular Hbond substituents is 1. The van der Waals surface area contributed by atoms with Crippen molar-refractivity contribution in [2.75, 3.05) is 7.11 Å². The third kappa shape index (κ3) is 1.52. The third-order valence-corrected chi connectivity index (χ3v) is 1.46. The molecule has 0 bridgehead atoms. The summed E-state index contributed by atoms with van der Waals surface area (Å²) in [7, 11) is 1.56. The van der Waals surface area contributed by atoms with Crippen LogP contribution in [0.1, 0.15) is 5.56 Å². The second kappa shape index (κ2) is 3.10. The fraction of sp³-hybridized carbons (Fsp3) is 0.111. The fourth-order valence-electron chi connectivity index (χ4n) is 0.823. The Morgan fingerprint density at radius 1 is 1.55 bits per heavy atom. The van der Waals surface area contributed by atoms with Gasteiger partial charge in [0.2, 0.25) is 0 Å². The summed E-state index contributed by atoms with van der Waals surface area (Å²) in [5, 5.41) is 9.27. The molecule has 58 valence electrons. The van der Waals surface area contributed by atoms with E-state index in [1.807, 2.05) is 0 Å². The number of benzene rings is 1. The van der Waals surface area contributed by atoms with Gasteiger partial charge in [0.15, 0.2) is 0 Å². The lowest BCUT2D eigenvalue weighted by Gasteiger charge is -2.01. The largest absolute Gasteiger partial charge is 0.507 e. The number of methoxy groups -OCH3 is 1. The van der Waals surface area contributed by atoms with Crippen LogP contribution in [0.5, 0.6) is 11.5 Å². The molecule has 11 heavy (non-hydrogen) atoms. The number of rotatable bonds is 2. The first kappa shape index (κ1) is 7.66. The van der Waals surface area contributed by atoms with E-state index in [2.05, 4.69) is 6.58 Å². The highest BCUT2D eigenvalue weighted by Crippen LogP contribution is 2.23. The molecule has 0 saturated carbocycles. The first-order valence-corrected chi connectivity index (χ1v) is 3.27. The zero-order chi connectivity index (χ0) is 8.27. The standard InChI is InChI=1S/C9H10O2/c1-3-7-4-5-8(11-2)6-9(7)10/h3-6,10H,1H2,2H3. The molecule has 0 aliphatic rings. The van der Waals surface area contributed by atoms with E-state index in [0.717, 1.165) is 0 Å². The molecule has 0 radical (unpaired) electrons. The highest BCUT2D eigenvalue weighted by molar-refractivity contribution is 5.56. The maximum Gasteiger partial charge on any atom is 0.126 e. The smallest absolute Gasteiger partial charge is 0.126 e. The first-order chi connectivity index (χ1) is 5.27. The number of ether oxygens (including phenoxy) is 1. The lowest BCUT2D eigenvalue weighted by molar-refractivity contribution is 0.407. The van der Waals surface area contributed by atoms with Gasteiger partial charge in [0.1, 0.15) is 11.5 Å². The van der Waals surface area contributed by atoms with E-state index in [1.165, 1.54) is 0 Å². The van der Waals surface area contributed by atoms with E-state index in [4.69, 9.17) is 4.74 Å². The van der Waals surface area contributed by atoms with Gasteiger partial charge in [-0.25, -0.2) is 0 Å². The van der Waals surface area contributed by atoms with Gasteiger partial charge in [-0.05, 0) is 12.1 Å². The van der Waals surface area contributed by atoms with Crippen molar-refractivity contribution in [2.24, 2.45) is 0 Å². The lowest BCUT2D eigenvalue weighted by atomic mass is 10.2. The molecule has 0 heterocycles. The summed E-state index contributed by atoms with van der Waals surface area (Å²) in [4.78, 5) is 0. The zero-order valence-electron chi connectivity index (χ0n) is 6.37. The molecule has 0 amide bonds. The Labute approximate surface area is 65.7 Å². The topological polar surface area (TPSA) is 29.5 Å². The summed E-state index contributed by atoms with van der Waals surface area (Å²) in [5.74, 6) is 0.840. The van der Waals surface area contributed by atoms with Crippen molar-refractivity contribution < 1.29 is 9.84 Å². The molecule has 0 spiro atoms. The van der Waals surface area contributed by atoms with Gasteiger partial charge in [0, 0.05) is 11.6 Å². The predicted octanol–water partition coefficient (Wildman–Crippen LogP) is 2.04. The van der Waals surface area contributed by atoms with Crippen LogP contribution in [0.2, 0.25) is 0 Å². The Kier molecular flexibility index (Phi) is 2.16. The predicted molar refractivity (Wildman–Crippen MR) is 44.7 cm³/mol. The molecule has 1 aromatic rings.